The molecule has 0 amide bonds. The molecule has 0 atom stereocenters. The summed E-state index contributed by atoms with van der Waals surface area (Å²) >= 11 is 0. The molecule has 12 nitrogen and oxygen atoms in total. The van der Waals surface area contributed by atoms with E-state index in [2.05, 4.69) is 51.8 Å². The van der Waals surface area contributed by atoms with Gasteiger partial charge in [-0.2, -0.15) is 0 Å². The van der Waals surface area contributed by atoms with Gasteiger partial charge >= 0.3 is 11.9 Å². The van der Waals surface area contributed by atoms with Crippen LogP contribution in [0.15, 0.2) is 97.1 Å². The molecule has 3 N–H and O–H groups in total. The molecule has 58 heavy (non-hydrogen) atoms. The lowest BCUT2D eigenvalue weighted by Gasteiger charge is -2.18. The summed E-state index contributed by atoms with van der Waals surface area (Å²) in [4.78, 5) is 50.2. The summed E-state index contributed by atoms with van der Waals surface area (Å²) in [6, 6.07) is 31.6. The molecule has 0 radical (unpaired) electrons. The fraction of sp³-hybridized carbons (Fsp3) is 0.261. The number of hydrogen-bond donors (Lipinski definition) is 3. The molecule has 0 saturated heterocycles. The number of carbonyl (C=O) groups is 2. The molecule has 0 fully saturated rings. The predicted octanol–water partition coefficient (Wildman–Crippen LogP) is 7.46. The van der Waals surface area contributed by atoms with Crippen molar-refractivity contribution in [2.75, 3.05) is 58.1 Å². The summed E-state index contributed by atoms with van der Waals surface area (Å²) in [6.45, 7) is 3.27. The number of anilines is 2. The molecule has 294 valence electrons. The van der Waals surface area contributed by atoms with Gasteiger partial charge in [-0.25, -0.2) is 29.5 Å². The molecule has 1 aliphatic rings. The van der Waals surface area contributed by atoms with E-state index < -0.39 is 0 Å². The van der Waals surface area contributed by atoms with Crippen LogP contribution in [0.2, 0.25) is 0 Å². The minimum Gasteiger partial charge on any atom is -0.465 e. The Bertz CT molecular complexity index is 2590. The molecule has 0 unspecified atom stereocenters. The van der Waals surface area contributed by atoms with E-state index in [-0.39, 0.29) is 11.9 Å². The highest BCUT2D eigenvalue weighted by Crippen LogP contribution is 2.40. The van der Waals surface area contributed by atoms with Crippen LogP contribution in [0.25, 0.3) is 33.1 Å². The van der Waals surface area contributed by atoms with Crippen LogP contribution in [0.3, 0.4) is 0 Å². The Kier molecular flexibility index (Phi) is 11.4. The Morgan fingerprint density at radius 1 is 0.707 bits per heavy atom. The highest BCUT2D eigenvalue weighted by Gasteiger charge is 2.26. The average molecular weight is 775 g/mol. The number of ether oxygens (including phenoxy) is 2. The van der Waals surface area contributed by atoms with Crippen LogP contribution in [0.5, 0.6) is 0 Å². The maximum absolute atomic E-state index is 12.3. The summed E-state index contributed by atoms with van der Waals surface area (Å²) in [5, 5.41) is 9.10. The first kappa shape index (κ1) is 38.2. The molecule has 7 aromatic rings. The molecule has 0 bridgehead atoms. The maximum Gasteiger partial charge on any atom is 0.337 e. The first-order valence-electron chi connectivity index (χ1n) is 19.6. The van der Waals surface area contributed by atoms with Crippen molar-refractivity contribution in [1.82, 2.24) is 29.8 Å². The van der Waals surface area contributed by atoms with E-state index in [0.717, 1.165) is 112 Å². The molecular weight excluding hydrogens is 729 g/mol. The number of methoxy groups -OCH3 is 2. The van der Waals surface area contributed by atoms with Gasteiger partial charge in [0.25, 0.3) is 0 Å². The second kappa shape index (κ2) is 17.2. The third-order valence-corrected chi connectivity index (χ3v) is 10.5. The average Bonchev–Trinajstić information content (AvgIpc) is 3.81. The van der Waals surface area contributed by atoms with Gasteiger partial charge in [-0.3, -0.25) is 0 Å². The number of fused-ring (bicyclic) bond motifs is 6. The molecule has 1 aliphatic carbocycles. The van der Waals surface area contributed by atoms with Gasteiger partial charge in [0.05, 0.1) is 36.4 Å². The lowest BCUT2D eigenvalue weighted by atomic mass is 10.0. The monoisotopic (exact) mass is 774 g/mol. The second-order valence-corrected chi connectivity index (χ2v) is 14.6. The minimum absolute atomic E-state index is 0.349. The normalized spacial score (nSPS) is 11.8. The molecule has 0 saturated carbocycles. The molecule has 8 rings (SSSR count). The molecule has 3 heterocycles. The maximum atomic E-state index is 12.3. The van der Waals surface area contributed by atoms with E-state index in [0.29, 0.717) is 36.2 Å². The number of H-pyrrole nitrogens is 1. The number of aromatic nitrogens is 5. The number of nitrogens with one attached hydrogen (secondary N) is 3. The Balaban J connectivity index is 0.911. The smallest absolute Gasteiger partial charge is 0.337 e. The van der Waals surface area contributed by atoms with E-state index in [9.17, 15) is 9.59 Å². The third-order valence-electron chi connectivity index (χ3n) is 10.5. The SMILES string of the molecule is COC(=O)c1ccc2c(c1)Cc1nc(Cc3ccccc3)nc(NCCCN(C)CCCNc3nc(Cc4ccccc4)nc4[nH]c5cc(C(=O)OC)ccc5c34)c1-2. The second-order valence-electron chi connectivity index (χ2n) is 14.6. The van der Waals surface area contributed by atoms with Crippen LogP contribution in [0.4, 0.5) is 11.6 Å². The molecule has 3 aromatic heterocycles. The minimum atomic E-state index is -0.386. The summed E-state index contributed by atoms with van der Waals surface area (Å²) in [5.74, 6) is 2.34. The third kappa shape index (κ3) is 8.37. The molecule has 12 heteroatoms. The van der Waals surface area contributed by atoms with Crippen molar-refractivity contribution in [1.29, 1.82) is 0 Å². The lowest BCUT2D eigenvalue weighted by molar-refractivity contribution is 0.0592. The van der Waals surface area contributed by atoms with Gasteiger partial charge in [0.1, 0.15) is 28.9 Å². The van der Waals surface area contributed by atoms with E-state index in [4.69, 9.17) is 29.4 Å². The van der Waals surface area contributed by atoms with Crippen molar-refractivity contribution >= 4 is 45.5 Å². The zero-order chi connectivity index (χ0) is 40.0. The molecular formula is C46H46N8O4. The number of carbonyl (C=O) groups excluding carboxylic acids is 2. The van der Waals surface area contributed by atoms with Crippen molar-refractivity contribution in [3.05, 3.63) is 142 Å². The van der Waals surface area contributed by atoms with Crippen LogP contribution in [-0.4, -0.2) is 89.2 Å². The van der Waals surface area contributed by atoms with Crippen molar-refractivity contribution < 1.29 is 19.1 Å². The summed E-state index contributed by atoms with van der Waals surface area (Å²) in [6.07, 6.45) is 3.69. The van der Waals surface area contributed by atoms with Crippen molar-refractivity contribution in [2.24, 2.45) is 0 Å². The van der Waals surface area contributed by atoms with Gasteiger partial charge in [-0.15, -0.1) is 0 Å². The van der Waals surface area contributed by atoms with E-state index in [1.54, 1.807) is 12.1 Å². The quantitative estimate of drug-likeness (QED) is 0.0664. The number of esters is 2. The van der Waals surface area contributed by atoms with E-state index >= 15 is 0 Å². The molecule has 4 aromatic carbocycles. The van der Waals surface area contributed by atoms with Crippen LogP contribution >= 0.6 is 0 Å². The van der Waals surface area contributed by atoms with Crippen molar-refractivity contribution in [3.63, 3.8) is 0 Å². The lowest BCUT2D eigenvalue weighted by Crippen LogP contribution is -2.24. The Morgan fingerprint density at radius 2 is 1.29 bits per heavy atom. The number of aromatic amines is 1. The van der Waals surface area contributed by atoms with Crippen LogP contribution < -0.4 is 10.6 Å². The standard InChI is InChI=1S/C46H46N8O4/c1-54(22-10-20-47-42-40-34-18-16-31(45(55)57-2)26-33(34)28-37(40)49-38(51-42)24-29-12-6-4-7-13-29)23-11-21-48-43-41-35-19-17-32(46(56)58-3)27-36(35)50-44(41)53-39(52-43)25-30-14-8-5-9-15-30/h4-9,12-19,26-27H,10-11,20-25,28H2,1-3H3,(H,47,49,51)(H2,48,50,52,53). The van der Waals surface area contributed by atoms with Gasteiger partial charge < -0.3 is 30.0 Å². The van der Waals surface area contributed by atoms with Gasteiger partial charge in [0.2, 0.25) is 0 Å². The summed E-state index contributed by atoms with van der Waals surface area (Å²) in [7, 11) is 4.93. The predicted molar refractivity (Wildman–Crippen MR) is 227 cm³/mol. The Labute approximate surface area is 337 Å². The first-order valence-corrected chi connectivity index (χ1v) is 19.6. The first-order chi connectivity index (χ1) is 28.4. The topological polar surface area (TPSA) is 147 Å². The zero-order valence-corrected chi connectivity index (χ0v) is 33.0. The van der Waals surface area contributed by atoms with Gasteiger partial charge in [0, 0.05) is 48.8 Å². The number of rotatable bonds is 16. The van der Waals surface area contributed by atoms with E-state index in [1.165, 1.54) is 14.2 Å². The van der Waals surface area contributed by atoms with Crippen LogP contribution in [-0.2, 0) is 28.7 Å². The van der Waals surface area contributed by atoms with E-state index in [1.807, 2.05) is 60.7 Å². The number of hydrogen-bond acceptors (Lipinski definition) is 11. The van der Waals surface area contributed by atoms with Gasteiger partial charge in [-0.05, 0) is 79.5 Å². The number of benzene rings is 4. The fourth-order valence-electron chi connectivity index (χ4n) is 7.66. The van der Waals surface area contributed by atoms with Crippen LogP contribution in [0.1, 0.15) is 67.6 Å². The van der Waals surface area contributed by atoms with Gasteiger partial charge in [-0.1, -0.05) is 72.8 Å². The fourth-order valence-corrected chi connectivity index (χ4v) is 7.66. The largest absolute Gasteiger partial charge is 0.465 e. The highest BCUT2D eigenvalue weighted by atomic mass is 16.5. The zero-order valence-electron chi connectivity index (χ0n) is 33.0. The highest BCUT2D eigenvalue weighted by molar-refractivity contribution is 6.12. The van der Waals surface area contributed by atoms with Crippen LogP contribution in [0, 0.1) is 0 Å². The number of nitrogens with zero attached hydrogens (tertiary/aromatic N) is 5. The Hall–Kier alpha value is -6.66. The summed E-state index contributed by atoms with van der Waals surface area (Å²) in [5.41, 5.74) is 8.89. The molecule has 0 spiro atoms. The van der Waals surface area contributed by atoms with Gasteiger partial charge in [0.15, 0.2) is 0 Å². The molecule has 0 aliphatic heterocycles. The Morgan fingerprint density at radius 3 is 1.95 bits per heavy atom. The van der Waals surface area contributed by atoms with Crippen molar-refractivity contribution in [3.8, 4) is 11.1 Å². The summed E-state index contributed by atoms with van der Waals surface area (Å²) < 4.78 is 9.92. The van der Waals surface area contributed by atoms with Crippen molar-refractivity contribution in [2.45, 2.75) is 32.1 Å².